The monoisotopic (exact) mass is 463 g/mol. The number of nitrogens with zero attached hydrogens (tertiary/aromatic N) is 1. The van der Waals surface area contributed by atoms with E-state index in [9.17, 15) is 19.5 Å². The number of unbranched alkanes of at least 4 members (excludes halogenated alkanes) is 2. The van der Waals surface area contributed by atoms with E-state index in [1.165, 1.54) is 4.90 Å². The molecule has 8 heteroatoms. The Balaban J connectivity index is 3.26. The summed E-state index contributed by atoms with van der Waals surface area (Å²) in [5.74, 6) is -0.838. The largest absolute Gasteiger partial charge is 0.444 e. The maximum Gasteiger partial charge on any atom is 0.408 e. The van der Waals surface area contributed by atoms with Gasteiger partial charge in [-0.1, -0.05) is 57.0 Å². The van der Waals surface area contributed by atoms with Crippen LogP contribution in [0, 0.1) is 0 Å². The number of hydrogen-bond donors (Lipinski definition) is 3. The first-order valence-electron chi connectivity index (χ1n) is 11.8. The van der Waals surface area contributed by atoms with E-state index in [1.54, 1.807) is 32.9 Å². The van der Waals surface area contributed by atoms with Crippen LogP contribution in [0.2, 0.25) is 0 Å². The molecule has 1 aromatic carbocycles. The molecule has 0 aliphatic rings. The highest BCUT2D eigenvalue weighted by molar-refractivity contribution is 5.92. The molecule has 3 N–H and O–H groups in total. The first kappa shape index (κ1) is 28.4. The van der Waals surface area contributed by atoms with Gasteiger partial charge in [-0.05, 0) is 46.1 Å². The Kier molecular flexibility index (Phi) is 11.9. The van der Waals surface area contributed by atoms with Crippen LogP contribution in [0.5, 0.6) is 0 Å². The van der Waals surface area contributed by atoms with Crippen molar-refractivity contribution in [1.29, 1.82) is 0 Å². The van der Waals surface area contributed by atoms with Gasteiger partial charge in [0.25, 0.3) is 0 Å². The minimum Gasteiger partial charge on any atom is -0.444 e. The molecule has 0 bridgehead atoms. The number of aliphatic hydroxyl groups excluding tert-OH is 1. The van der Waals surface area contributed by atoms with Crippen LogP contribution < -0.4 is 10.6 Å². The third-order valence-corrected chi connectivity index (χ3v) is 5.21. The molecule has 0 aliphatic carbocycles. The Morgan fingerprint density at radius 3 is 2.24 bits per heavy atom. The molecule has 3 unspecified atom stereocenters. The zero-order valence-electron chi connectivity index (χ0n) is 20.9. The zero-order chi connectivity index (χ0) is 25.0. The molecular weight excluding hydrogens is 422 g/mol. The standard InChI is InChI=1S/C25H41N3O5/c1-7-9-13-16-26-22(30)21(19-14-11-10-12-15-19)28(18(3)8-2)23(31)20(17-29)27-24(32)33-25(4,5)6/h10-12,14-15,18,20-21,29H,7-9,13,16-17H2,1-6H3,(H,26,30)(H,27,32). The Morgan fingerprint density at radius 1 is 1.09 bits per heavy atom. The normalized spacial score (nSPS) is 14.0. The predicted octanol–water partition coefficient (Wildman–Crippen LogP) is 3.55. The molecule has 186 valence electrons. The molecule has 0 aromatic heterocycles. The molecule has 0 saturated carbocycles. The Bertz CT molecular complexity index is 748. The summed E-state index contributed by atoms with van der Waals surface area (Å²) < 4.78 is 5.24. The first-order valence-corrected chi connectivity index (χ1v) is 11.8. The van der Waals surface area contributed by atoms with Crippen molar-refractivity contribution in [2.75, 3.05) is 13.2 Å². The van der Waals surface area contributed by atoms with Gasteiger partial charge in [-0.25, -0.2) is 4.79 Å². The van der Waals surface area contributed by atoms with E-state index >= 15 is 0 Å². The molecule has 1 aromatic rings. The zero-order valence-corrected chi connectivity index (χ0v) is 20.9. The average molecular weight is 464 g/mol. The second kappa shape index (κ2) is 13.8. The SMILES string of the molecule is CCCCCNC(=O)C(c1ccccc1)N(C(=O)C(CO)NC(=O)OC(C)(C)C)C(C)CC. The van der Waals surface area contributed by atoms with Gasteiger partial charge in [-0.15, -0.1) is 0 Å². The van der Waals surface area contributed by atoms with Gasteiger partial charge < -0.3 is 25.4 Å². The third kappa shape index (κ3) is 9.42. The van der Waals surface area contributed by atoms with Crippen LogP contribution in [0.15, 0.2) is 30.3 Å². The van der Waals surface area contributed by atoms with Crippen molar-refractivity contribution in [2.24, 2.45) is 0 Å². The van der Waals surface area contributed by atoms with Crippen molar-refractivity contribution in [1.82, 2.24) is 15.5 Å². The van der Waals surface area contributed by atoms with Gasteiger partial charge in [0.05, 0.1) is 6.61 Å². The highest BCUT2D eigenvalue weighted by atomic mass is 16.6. The van der Waals surface area contributed by atoms with Crippen molar-refractivity contribution >= 4 is 17.9 Å². The van der Waals surface area contributed by atoms with Gasteiger partial charge in [0.2, 0.25) is 11.8 Å². The van der Waals surface area contributed by atoms with Crippen LogP contribution >= 0.6 is 0 Å². The summed E-state index contributed by atoms with van der Waals surface area (Å²) in [6.07, 6.45) is 2.66. The lowest BCUT2D eigenvalue weighted by atomic mass is 10.00. The smallest absolute Gasteiger partial charge is 0.408 e. The van der Waals surface area contributed by atoms with Crippen molar-refractivity contribution in [3.8, 4) is 0 Å². The van der Waals surface area contributed by atoms with Crippen LogP contribution in [-0.2, 0) is 14.3 Å². The molecular formula is C25H41N3O5. The number of nitrogens with one attached hydrogen (secondary N) is 2. The van der Waals surface area contributed by atoms with Crippen LogP contribution in [0.25, 0.3) is 0 Å². The van der Waals surface area contributed by atoms with Crippen molar-refractivity contribution in [3.63, 3.8) is 0 Å². The predicted molar refractivity (Wildman–Crippen MR) is 129 cm³/mol. The lowest BCUT2D eigenvalue weighted by molar-refractivity contribution is -0.145. The number of rotatable bonds is 12. The molecule has 33 heavy (non-hydrogen) atoms. The molecule has 8 nitrogen and oxygen atoms in total. The maximum atomic E-state index is 13.6. The summed E-state index contributed by atoms with van der Waals surface area (Å²) in [5, 5.41) is 15.3. The number of benzene rings is 1. The lowest BCUT2D eigenvalue weighted by Crippen LogP contribution is -2.56. The molecule has 0 radical (unpaired) electrons. The maximum absolute atomic E-state index is 13.6. The Hall–Kier alpha value is -2.61. The van der Waals surface area contributed by atoms with Gasteiger partial charge in [0, 0.05) is 12.6 Å². The van der Waals surface area contributed by atoms with Crippen molar-refractivity contribution in [3.05, 3.63) is 35.9 Å². The summed E-state index contributed by atoms with van der Waals surface area (Å²) in [6.45, 7) is 10.9. The number of carbonyl (C=O) groups is 3. The van der Waals surface area contributed by atoms with Crippen molar-refractivity contribution in [2.45, 2.75) is 91.0 Å². The van der Waals surface area contributed by atoms with Crippen LogP contribution in [-0.4, -0.2) is 58.8 Å². The van der Waals surface area contributed by atoms with E-state index in [0.717, 1.165) is 19.3 Å². The quantitative estimate of drug-likeness (QED) is 0.411. The van der Waals surface area contributed by atoms with Crippen LogP contribution in [0.1, 0.15) is 78.8 Å². The molecule has 3 amide bonds. The van der Waals surface area contributed by atoms with Crippen molar-refractivity contribution < 1.29 is 24.2 Å². The van der Waals surface area contributed by atoms with Gasteiger partial charge in [-0.2, -0.15) is 0 Å². The van der Waals surface area contributed by atoms with Gasteiger partial charge in [0.1, 0.15) is 17.7 Å². The fourth-order valence-electron chi connectivity index (χ4n) is 3.37. The van der Waals surface area contributed by atoms with Gasteiger partial charge in [-0.3, -0.25) is 9.59 Å². The fraction of sp³-hybridized carbons (Fsp3) is 0.640. The second-order valence-corrected chi connectivity index (χ2v) is 9.20. The molecule has 0 fully saturated rings. The number of aliphatic hydroxyl groups is 1. The summed E-state index contributed by atoms with van der Waals surface area (Å²) in [5.41, 5.74) is -0.0952. The molecule has 0 spiro atoms. The number of alkyl carbamates (subject to hydrolysis) is 1. The Morgan fingerprint density at radius 2 is 1.73 bits per heavy atom. The van der Waals surface area contributed by atoms with E-state index in [4.69, 9.17) is 4.74 Å². The number of hydrogen-bond acceptors (Lipinski definition) is 5. The molecule has 0 saturated heterocycles. The van der Waals surface area contributed by atoms with Gasteiger partial charge in [0.15, 0.2) is 0 Å². The number of amides is 3. The minimum absolute atomic E-state index is 0.292. The molecule has 0 heterocycles. The minimum atomic E-state index is -1.24. The second-order valence-electron chi connectivity index (χ2n) is 9.20. The summed E-state index contributed by atoms with van der Waals surface area (Å²) in [6, 6.07) is 6.61. The molecule has 3 atom stereocenters. The molecule has 1 rings (SSSR count). The lowest BCUT2D eigenvalue weighted by Gasteiger charge is -2.38. The number of ether oxygens (including phenoxy) is 1. The van der Waals surface area contributed by atoms with E-state index in [-0.39, 0.29) is 11.9 Å². The van der Waals surface area contributed by atoms with Crippen LogP contribution in [0.4, 0.5) is 4.79 Å². The fourth-order valence-corrected chi connectivity index (χ4v) is 3.37. The van der Waals surface area contributed by atoms with Gasteiger partial charge >= 0.3 is 6.09 Å². The molecule has 0 aliphatic heterocycles. The Labute approximate surface area is 198 Å². The number of carbonyl (C=O) groups excluding carboxylic acids is 3. The van der Waals surface area contributed by atoms with E-state index < -0.39 is 36.3 Å². The highest BCUT2D eigenvalue weighted by Crippen LogP contribution is 2.26. The summed E-state index contributed by atoms with van der Waals surface area (Å²) in [7, 11) is 0. The average Bonchev–Trinajstić information content (AvgIpc) is 2.77. The highest BCUT2D eigenvalue weighted by Gasteiger charge is 2.38. The third-order valence-electron chi connectivity index (χ3n) is 5.21. The topological polar surface area (TPSA) is 108 Å². The first-order chi connectivity index (χ1) is 15.6. The summed E-state index contributed by atoms with van der Waals surface area (Å²) in [4.78, 5) is 40.6. The van der Waals surface area contributed by atoms with E-state index in [2.05, 4.69) is 17.6 Å². The van der Waals surface area contributed by atoms with E-state index in [1.807, 2.05) is 32.0 Å². The van der Waals surface area contributed by atoms with Crippen LogP contribution in [0.3, 0.4) is 0 Å². The summed E-state index contributed by atoms with van der Waals surface area (Å²) >= 11 is 0. The van der Waals surface area contributed by atoms with E-state index in [0.29, 0.717) is 18.5 Å².